The van der Waals surface area contributed by atoms with E-state index in [0.717, 1.165) is 16.9 Å². The molecule has 0 aromatic carbocycles. The average molecular weight is 233 g/mol. The lowest BCUT2D eigenvalue weighted by molar-refractivity contribution is -0.141. The van der Waals surface area contributed by atoms with Crippen LogP contribution in [0.3, 0.4) is 0 Å². The second kappa shape index (κ2) is 4.82. The van der Waals surface area contributed by atoms with E-state index in [1.165, 1.54) is 6.08 Å². The Kier molecular flexibility index (Phi) is 3.70. The van der Waals surface area contributed by atoms with Crippen LogP contribution in [0, 0.1) is 0 Å². The van der Waals surface area contributed by atoms with Crippen LogP contribution in [0.25, 0.3) is 0 Å². The fourth-order valence-electron chi connectivity index (χ4n) is 0.990. The molecule has 0 aliphatic rings. The van der Waals surface area contributed by atoms with Crippen LogP contribution >= 0.6 is 0 Å². The summed E-state index contributed by atoms with van der Waals surface area (Å²) in [6, 6.07) is 0.820. The quantitative estimate of drug-likeness (QED) is 0.794. The van der Waals surface area contributed by atoms with Crippen molar-refractivity contribution in [3.63, 3.8) is 0 Å². The normalized spacial score (nSPS) is 11.2. The second-order valence-electron chi connectivity index (χ2n) is 2.99. The van der Waals surface area contributed by atoms with Gasteiger partial charge in [0.05, 0.1) is 0 Å². The fraction of sp³-hybridized carbons (Fsp3) is 0.333. The zero-order valence-electron chi connectivity index (χ0n) is 8.29. The molecule has 1 aromatic rings. The third kappa shape index (κ3) is 3.41. The summed E-state index contributed by atoms with van der Waals surface area (Å²) in [5.41, 5.74) is -1.01. The summed E-state index contributed by atoms with van der Waals surface area (Å²) in [4.78, 5) is 11.1. The summed E-state index contributed by atoms with van der Waals surface area (Å²) in [5.74, 6) is -0.420. The number of carbonyl (C=O) groups excluding carboxylic acids is 1. The highest BCUT2D eigenvalue weighted by Gasteiger charge is 2.33. The standard InChI is InChI=1S/C9H10F3N3O/c1-2-4-13-8(16)6-15-5-3-7(14-15)9(10,11)12/h2-3,5H,1,4,6H2,(H,13,16). The number of nitrogens with one attached hydrogen (secondary N) is 1. The van der Waals surface area contributed by atoms with Crippen LogP contribution < -0.4 is 5.32 Å². The predicted octanol–water partition coefficient (Wildman–Crippen LogP) is 1.20. The Morgan fingerprint density at radius 3 is 2.81 bits per heavy atom. The molecule has 0 saturated heterocycles. The van der Waals surface area contributed by atoms with Gasteiger partial charge in [0.2, 0.25) is 5.91 Å². The number of alkyl halides is 3. The molecule has 0 atom stereocenters. The first-order valence-electron chi connectivity index (χ1n) is 4.41. The monoisotopic (exact) mass is 233 g/mol. The maximum atomic E-state index is 12.2. The van der Waals surface area contributed by atoms with E-state index in [4.69, 9.17) is 0 Å². The average Bonchev–Trinajstić information content (AvgIpc) is 2.62. The van der Waals surface area contributed by atoms with E-state index in [1.54, 1.807) is 0 Å². The molecule has 1 aromatic heterocycles. The SMILES string of the molecule is C=CCNC(=O)Cn1ccc(C(F)(F)F)n1. The lowest BCUT2D eigenvalue weighted by Gasteiger charge is -2.03. The van der Waals surface area contributed by atoms with Gasteiger partial charge in [-0.1, -0.05) is 6.08 Å². The van der Waals surface area contributed by atoms with Gasteiger partial charge in [0.15, 0.2) is 5.69 Å². The first-order chi connectivity index (χ1) is 7.43. The van der Waals surface area contributed by atoms with Crippen LogP contribution in [-0.4, -0.2) is 22.2 Å². The van der Waals surface area contributed by atoms with E-state index in [9.17, 15) is 18.0 Å². The van der Waals surface area contributed by atoms with Crippen LogP contribution in [-0.2, 0) is 17.5 Å². The van der Waals surface area contributed by atoms with Crippen molar-refractivity contribution in [2.24, 2.45) is 0 Å². The number of nitrogens with zero attached hydrogens (tertiary/aromatic N) is 2. The van der Waals surface area contributed by atoms with Crippen LogP contribution in [0.2, 0.25) is 0 Å². The smallest absolute Gasteiger partial charge is 0.351 e. The summed E-state index contributed by atoms with van der Waals surface area (Å²) in [6.45, 7) is 3.41. The van der Waals surface area contributed by atoms with Crippen LogP contribution in [0.15, 0.2) is 24.9 Å². The molecule has 88 valence electrons. The van der Waals surface area contributed by atoms with Gasteiger partial charge in [-0.15, -0.1) is 6.58 Å². The molecule has 4 nitrogen and oxygen atoms in total. The molecule has 16 heavy (non-hydrogen) atoms. The van der Waals surface area contributed by atoms with Gasteiger partial charge in [0, 0.05) is 12.7 Å². The molecular weight excluding hydrogens is 223 g/mol. The Morgan fingerprint density at radius 1 is 1.62 bits per heavy atom. The molecule has 1 rings (SSSR count). The Labute approximate surface area is 89.7 Å². The summed E-state index contributed by atoms with van der Waals surface area (Å²) >= 11 is 0. The first-order valence-corrected chi connectivity index (χ1v) is 4.41. The van der Waals surface area contributed by atoms with Crippen LogP contribution in [0.5, 0.6) is 0 Å². The molecule has 0 radical (unpaired) electrons. The third-order valence-corrected chi connectivity index (χ3v) is 1.68. The van der Waals surface area contributed by atoms with Gasteiger partial charge < -0.3 is 5.32 Å². The zero-order valence-corrected chi connectivity index (χ0v) is 8.29. The zero-order chi connectivity index (χ0) is 12.2. The summed E-state index contributed by atoms with van der Waals surface area (Å²) < 4.78 is 37.4. The highest BCUT2D eigenvalue weighted by molar-refractivity contribution is 5.75. The molecule has 7 heteroatoms. The number of aromatic nitrogens is 2. The third-order valence-electron chi connectivity index (χ3n) is 1.68. The maximum Gasteiger partial charge on any atom is 0.435 e. The molecule has 0 spiro atoms. The van der Waals surface area contributed by atoms with Crippen molar-refractivity contribution in [1.29, 1.82) is 0 Å². The van der Waals surface area contributed by atoms with E-state index in [1.807, 2.05) is 0 Å². The summed E-state index contributed by atoms with van der Waals surface area (Å²) in [6.07, 6.45) is -1.90. The number of amides is 1. The minimum Gasteiger partial charge on any atom is -0.351 e. The van der Waals surface area contributed by atoms with Crippen LogP contribution in [0.4, 0.5) is 13.2 Å². The molecule has 0 fully saturated rings. The summed E-state index contributed by atoms with van der Waals surface area (Å²) in [7, 11) is 0. The predicted molar refractivity (Wildman–Crippen MR) is 50.4 cm³/mol. The molecule has 0 unspecified atom stereocenters. The fourth-order valence-corrected chi connectivity index (χ4v) is 0.990. The van der Waals surface area contributed by atoms with E-state index < -0.39 is 17.8 Å². The Bertz CT molecular complexity index is 384. The van der Waals surface area contributed by atoms with Crippen molar-refractivity contribution >= 4 is 5.91 Å². The van der Waals surface area contributed by atoms with E-state index in [-0.39, 0.29) is 13.1 Å². The number of rotatable bonds is 4. The molecule has 1 heterocycles. The van der Waals surface area contributed by atoms with Crippen molar-refractivity contribution in [3.05, 3.63) is 30.6 Å². The molecule has 0 aliphatic carbocycles. The molecule has 0 bridgehead atoms. The maximum absolute atomic E-state index is 12.2. The van der Waals surface area contributed by atoms with Gasteiger partial charge in [-0.3, -0.25) is 9.48 Å². The van der Waals surface area contributed by atoms with Crippen molar-refractivity contribution in [2.75, 3.05) is 6.54 Å². The molecule has 0 aliphatic heterocycles. The summed E-state index contributed by atoms with van der Waals surface area (Å²) in [5, 5.41) is 5.66. The van der Waals surface area contributed by atoms with Crippen LogP contribution in [0.1, 0.15) is 5.69 Å². The number of hydrogen-bond donors (Lipinski definition) is 1. The molecule has 1 N–H and O–H groups in total. The Balaban J connectivity index is 2.59. The van der Waals surface area contributed by atoms with Crippen molar-refractivity contribution < 1.29 is 18.0 Å². The largest absolute Gasteiger partial charge is 0.435 e. The first kappa shape index (κ1) is 12.3. The van der Waals surface area contributed by atoms with E-state index in [2.05, 4.69) is 17.0 Å². The number of halogens is 3. The lowest BCUT2D eigenvalue weighted by atomic mass is 10.4. The van der Waals surface area contributed by atoms with Gasteiger partial charge in [0.25, 0.3) is 0 Å². The van der Waals surface area contributed by atoms with Gasteiger partial charge in [0.1, 0.15) is 6.54 Å². The Morgan fingerprint density at radius 2 is 2.31 bits per heavy atom. The minimum atomic E-state index is -4.48. The van der Waals surface area contributed by atoms with E-state index in [0.29, 0.717) is 0 Å². The Hall–Kier alpha value is -1.79. The number of carbonyl (C=O) groups is 1. The van der Waals surface area contributed by atoms with Crippen molar-refractivity contribution in [1.82, 2.24) is 15.1 Å². The van der Waals surface area contributed by atoms with E-state index >= 15 is 0 Å². The van der Waals surface area contributed by atoms with Gasteiger partial charge in [-0.05, 0) is 6.07 Å². The second-order valence-corrected chi connectivity index (χ2v) is 2.99. The van der Waals surface area contributed by atoms with Crippen molar-refractivity contribution in [3.8, 4) is 0 Å². The lowest BCUT2D eigenvalue weighted by Crippen LogP contribution is -2.27. The molecule has 0 saturated carbocycles. The van der Waals surface area contributed by atoms with Gasteiger partial charge >= 0.3 is 6.18 Å². The van der Waals surface area contributed by atoms with Gasteiger partial charge in [-0.25, -0.2) is 0 Å². The minimum absolute atomic E-state index is 0.246. The highest BCUT2D eigenvalue weighted by atomic mass is 19.4. The molecule has 1 amide bonds. The molecular formula is C9H10F3N3O. The van der Waals surface area contributed by atoms with Crippen molar-refractivity contribution in [2.45, 2.75) is 12.7 Å². The highest BCUT2D eigenvalue weighted by Crippen LogP contribution is 2.27. The number of hydrogen-bond acceptors (Lipinski definition) is 2. The topological polar surface area (TPSA) is 46.9 Å². The van der Waals surface area contributed by atoms with Gasteiger partial charge in [-0.2, -0.15) is 18.3 Å².